The van der Waals surface area contributed by atoms with Gasteiger partial charge in [-0.05, 0) is 60.9 Å². The average Bonchev–Trinajstić information content (AvgIpc) is 3.24. The maximum atomic E-state index is 12.0. The molecule has 2 aromatic heterocycles. The van der Waals surface area contributed by atoms with Crippen molar-refractivity contribution in [3.8, 4) is 0 Å². The summed E-state index contributed by atoms with van der Waals surface area (Å²) in [6.07, 6.45) is 4.02. The first-order valence-electron chi connectivity index (χ1n) is 7.95. The van der Waals surface area contributed by atoms with Gasteiger partial charge in [-0.3, -0.25) is 9.78 Å². The van der Waals surface area contributed by atoms with Gasteiger partial charge in [-0.2, -0.15) is 0 Å². The zero-order chi connectivity index (χ0) is 16.7. The van der Waals surface area contributed by atoms with Crippen LogP contribution in [0.4, 0.5) is 0 Å². The number of aromatic nitrogens is 3. The van der Waals surface area contributed by atoms with Gasteiger partial charge in [-0.1, -0.05) is 17.7 Å². The van der Waals surface area contributed by atoms with Crippen molar-refractivity contribution >= 4 is 47.3 Å². The molecule has 0 radical (unpaired) electrons. The molecule has 1 atom stereocenters. The highest BCUT2D eigenvalue weighted by Crippen LogP contribution is 2.29. The minimum absolute atomic E-state index is 0. The molecule has 132 valence electrons. The fourth-order valence-electron chi connectivity index (χ4n) is 3.42. The Bertz CT molecular complexity index is 1020. The molecule has 1 fully saturated rings. The van der Waals surface area contributed by atoms with Gasteiger partial charge in [0.15, 0.2) is 4.77 Å². The fourth-order valence-corrected chi connectivity index (χ4v) is 3.85. The number of hydrogen-bond acceptors (Lipinski definition) is 3. The van der Waals surface area contributed by atoms with E-state index in [0.29, 0.717) is 22.9 Å². The normalized spacial score (nSPS) is 16.9. The lowest BCUT2D eigenvalue weighted by Crippen LogP contribution is -2.18. The van der Waals surface area contributed by atoms with Crippen LogP contribution >= 0.6 is 36.2 Å². The highest BCUT2D eigenvalue weighted by molar-refractivity contribution is 7.71. The second-order valence-corrected chi connectivity index (χ2v) is 6.90. The van der Waals surface area contributed by atoms with Crippen LogP contribution in [-0.4, -0.2) is 21.1 Å². The molecule has 1 aromatic carbocycles. The van der Waals surface area contributed by atoms with E-state index in [2.05, 4.69) is 15.3 Å². The largest absolute Gasteiger partial charge is 0.355 e. The van der Waals surface area contributed by atoms with Crippen LogP contribution in [0.25, 0.3) is 11.0 Å². The number of H-pyrrole nitrogens is 2. The Labute approximate surface area is 160 Å². The minimum Gasteiger partial charge on any atom is -0.355 e. The molecule has 1 saturated heterocycles. The molecular weight excluding hydrogens is 379 g/mol. The van der Waals surface area contributed by atoms with E-state index in [1.807, 2.05) is 28.8 Å². The first-order valence-corrected chi connectivity index (χ1v) is 8.74. The first kappa shape index (κ1) is 18.2. The molecule has 3 aromatic rings. The summed E-state index contributed by atoms with van der Waals surface area (Å²) in [5.74, 6) is 0. The van der Waals surface area contributed by atoms with E-state index in [4.69, 9.17) is 23.8 Å². The topological polar surface area (TPSA) is 65.6 Å². The Balaban J connectivity index is 0.00000182. The third-order valence-electron chi connectivity index (χ3n) is 4.58. The maximum absolute atomic E-state index is 12.0. The predicted octanol–water partition coefficient (Wildman–Crippen LogP) is 3.94. The van der Waals surface area contributed by atoms with Crippen LogP contribution in [0.3, 0.4) is 0 Å². The Morgan fingerprint density at radius 1 is 1.32 bits per heavy atom. The number of nitrogens with zero attached hydrogens (tertiary/aromatic N) is 1. The van der Waals surface area contributed by atoms with Crippen molar-refractivity contribution in [3.05, 3.63) is 61.7 Å². The monoisotopic (exact) mass is 396 g/mol. The number of halogens is 2. The molecule has 1 aliphatic heterocycles. The fraction of sp³-hybridized carbons (Fsp3) is 0.294. The number of hydrogen-bond donors (Lipinski definition) is 3. The number of aromatic amines is 2. The number of nitrogens with one attached hydrogen (secondary N) is 3. The van der Waals surface area contributed by atoms with Crippen LogP contribution in [0.2, 0.25) is 5.02 Å². The van der Waals surface area contributed by atoms with Gasteiger partial charge in [0.1, 0.15) is 5.52 Å². The van der Waals surface area contributed by atoms with E-state index < -0.39 is 0 Å². The van der Waals surface area contributed by atoms with Crippen molar-refractivity contribution in [1.82, 2.24) is 19.9 Å². The van der Waals surface area contributed by atoms with Crippen LogP contribution < -0.4 is 10.9 Å². The van der Waals surface area contributed by atoms with Gasteiger partial charge in [-0.15, -0.1) is 12.4 Å². The summed E-state index contributed by atoms with van der Waals surface area (Å²) >= 11 is 11.6. The van der Waals surface area contributed by atoms with Gasteiger partial charge in [0.25, 0.3) is 5.56 Å². The minimum atomic E-state index is -0.190. The standard InChI is InChI=1S/C17H17ClN4OS.ClH/c18-11-4-3-10(12(8-11)13-2-1-6-19-13)9-22-14-5-7-20-15(14)16(23)21-17(22)24;/h3-5,7-8,13,19-20H,1-2,6,9H2,(H,21,23,24);1H. The summed E-state index contributed by atoms with van der Waals surface area (Å²) in [6.45, 7) is 1.62. The van der Waals surface area contributed by atoms with E-state index in [1.54, 1.807) is 6.20 Å². The third kappa shape index (κ3) is 3.40. The summed E-state index contributed by atoms with van der Waals surface area (Å²) in [4.78, 5) is 17.7. The highest BCUT2D eigenvalue weighted by Gasteiger charge is 2.20. The average molecular weight is 397 g/mol. The van der Waals surface area contributed by atoms with Crippen molar-refractivity contribution in [2.24, 2.45) is 0 Å². The Morgan fingerprint density at radius 3 is 2.92 bits per heavy atom. The Morgan fingerprint density at radius 2 is 2.16 bits per heavy atom. The van der Waals surface area contributed by atoms with Crippen LogP contribution in [0.1, 0.15) is 30.0 Å². The van der Waals surface area contributed by atoms with Gasteiger partial charge in [0.2, 0.25) is 0 Å². The third-order valence-corrected chi connectivity index (χ3v) is 5.14. The van der Waals surface area contributed by atoms with E-state index in [0.717, 1.165) is 35.5 Å². The molecule has 0 aliphatic carbocycles. The van der Waals surface area contributed by atoms with Crippen molar-refractivity contribution in [1.29, 1.82) is 0 Å². The Hall–Kier alpha value is -1.60. The van der Waals surface area contributed by atoms with Crippen LogP contribution in [-0.2, 0) is 6.54 Å². The van der Waals surface area contributed by atoms with Crippen LogP contribution in [0.15, 0.2) is 35.3 Å². The molecule has 0 spiro atoms. The molecule has 1 aliphatic rings. The van der Waals surface area contributed by atoms with Crippen molar-refractivity contribution in [3.63, 3.8) is 0 Å². The lowest BCUT2D eigenvalue weighted by molar-refractivity contribution is 0.633. The molecular formula is C17H18Cl2N4OS. The molecule has 0 amide bonds. The van der Waals surface area contributed by atoms with Crippen molar-refractivity contribution < 1.29 is 0 Å². The summed E-state index contributed by atoms with van der Waals surface area (Å²) in [7, 11) is 0. The molecule has 0 bridgehead atoms. The molecule has 3 heterocycles. The molecule has 4 rings (SSSR count). The molecule has 1 unspecified atom stereocenters. The van der Waals surface area contributed by atoms with E-state index in [-0.39, 0.29) is 18.0 Å². The van der Waals surface area contributed by atoms with E-state index >= 15 is 0 Å². The number of fused-ring (bicyclic) bond motifs is 1. The lowest BCUT2D eigenvalue weighted by Gasteiger charge is -2.18. The van der Waals surface area contributed by atoms with E-state index in [9.17, 15) is 4.79 Å². The van der Waals surface area contributed by atoms with Crippen LogP contribution in [0, 0.1) is 4.77 Å². The maximum Gasteiger partial charge on any atom is 0.276 e. The zero-order valence-corrected chi connectivity index (χ0v) is 15.7. The first-order chi connectivity index (χ1) is 11.6. The van der Waals surface area contributed by atoms with Crippen molar-refractivity contribution in [2.45, 2.75) is 25.4 Å². The van der Waals surface area contributed by atoms with E-state index in [1.165, 1.54) is 5.56 Å². The van der Waals surface area contributed by atoms with Crippen molar-refractivity contribution in [2.75, 3.05) is 6.54 Å². The lowest BCUT2D eigenvalue weighted by atomic mass is 9.99. The molecule has 25 heavy (non-hydrogen) atoms. The molecule has 8 heteroatoms. The molecule has 0 saturated carbocycles. The quantitative estimate of drug-likeness (QED) is 0.587. The number of rotatable bonds is 3. The van der Waals surface area contributed by atoms with Gasteiger partial charge in [0, 0.05) is 17.3 Å². The predicted molar refractivity (Wildman–Crippen MR) is 106 cm³/mol. The summed E-state index contributed by atoms with van der Waals surface area (Å²) in [6, 6.07) is 8.17. The summed E-state index contributed by atoms with van der Waals surface area (Å²) in [5, 5.41) is 4.26. The van der Waals surface area contributed by atoms with Gasteiger partial charge in [0.05, 0.1) is 12.1 Å². The molecule has 5 nitrogen and oxygen atoms in total. The smallest absolute Gasteiger partial charge is 0.276 e. The Kier molecular flexibility index (Phi) is 5.34. The zero-order valence-electron chi connectivity index (χ0n) is 13.3. The van der Waals surface area contributed by atoms with Crippen LogP contribution in [0.5, 0.6) is 0 Å². The van der Waals surface area contributed by atoms with Gasteiger partial charge in [-0.25, -0.2) is 0 Å². The van der Waals surface area contributed by atoms with Gasteiger partial charge >= 0.3 is 0 Å². The van der Waals surface area contributed by atoms with Gasteiger partial charge < -0.3 is 14.9 Å². The highest BCUT2D eigenvalue weighted by atomic mass is 35.5. The number of benzene rings is 1. The summed E-state index contributed by atoms with van der Waals surface area (Å²) < 4.78 is 2.37. The second kappa shape index (κ2) is 7.33. The molecule has 3 N–H and O–H groups in total. The SMILES string of the molecule is Cl.O=c1[nH]c(=S)n(Cc2ccc(Cl)cc2C2CCCN2)c2cc[nH]c12. The second-order valence-electron chi connectivity index (χ2n) is 6.08. The summed E-state index contributed by atoms with van der Waals surface area (Å²) in [5.41, 5.74) is 3.52.